The van der Waals surface area contributed by atoms with E-state index in [1.807, 2.05) is 23.5 Å². The Balaban J connectivity index is 2.24. The number of hydrogen-bond donors (Lipinski definition) is 1. The summed E-state index contributed by atoms with van der Waals surface area (Å²) in [5, 5.41) is 1.88. The van der Waals surface area contributed by atoms with E-state index in [1.54, 1.807) is 0 Å². The average molecular weight is 179 g/mol. The number of benzene rings is 1. The predicted octanol–water partition coefficient (Wildman–Crippen LogP) is 0.313. The highest BCUT2D eigenvalue weighted by Gasteiger charge is 2.11. The van der Waals surface area contributed by atoms with E-state index in [2.05, 4.69) is 7.05 Å². The molecule has 2 N–H and O–H groups in total. The van der Waals surface area contributed by atoms with Crippen LogP contribution in [-0.2, 0) is 6.54 Å². The Bertz CT molecular complexity index is 299. The molecule has 1 aliphatic heterocycles. The molecule has 13 heavy (non-hydrogen) atoms. The van der Waals surface area contributed by atoms with Gasteiger partial charge in [0.15, 0.2) is 11.5 Å². The van der Waals surface area contributed by atoms with Gasteiger partial charge in [-0.3, -0.25) is 0 Å². The van der Waals surface area contributed by atoms with E-state index < -0.39 is 0 Å². The third-order valence-corrected chi connectivity index (χ3v) is 1.99. The summed E-state index contributed by atoms with van der Waals surface area (Å²) in [6.45, 7) is 2.16. The first-order valence-electron chi connectivity index (χ1n) is 4.39. The Labute approximate surface area is 77.7 Å². The summed E-state index contributed by atoms with van der Waals surface area (Å²) < 4.78 is 10.9. The maximum Gasteiger partial charge on any atom is 0.161 e. The molecule has 2 rings (SSSR count). The van der Waals surface area contributed by atoms with Crippen LogP contribution in [-0.4, -0.2) is 13.2 Å². The predicted molar refractivity (Wildman–Crippen MR) is 48.4 cm³/mol. The van der Waals surface area contributed by atoms with Gasteiger partial charge in [0.2, 0.25) is 0 Å². The van der Waals surface area contributed by atoms with E-state index in [0.717, 1.165) is 18.0 Å². The van der Waals surface area contributed by atoms with E-state index in [-0.39, 0.29) is 0 Å². The molecule has 0 atom stereocenters. The smallest absolute Gasteiger partial charge is 0.161 e. The van der Waals surface area contributed by atoms with Crippen molar-refractivity contribution in [2.24, 2.45) is 0 Å². The molecule has 3 nitrogen and oxygen atoms in total. The van der Waals surface area contributed by atoms with Crippen molar-refractivity contribution >= 4 is 0 Å². The van der Waals surface area contributed by atoms with Crippen molar-refractivity contribution in [3.05, 3.63) is 30.8 Å². The lowest BCUT2D eigenvalue weighted by molar-refractivity contribution is -0.612. The quantitative estimate of drug-likeness (QED) is 0.663. The van der Waals surface area contributed by atoms with E-state index in [0.29, 0.717) is 13.2 Å². The number of rotatable bonds is 2. The lowest BCUT2D eigenvalue weighted by Gasteiger charge is -2.18. The van der Waals surface area contributed by atoms with Gasteiger partial charge < -0.3 is 14.8 Å². The fourth-order valence-corrected chi connectivity index (χ4v) is 1.38. The zero-order valence-electron chi connectivity index (χ0n) is 7.45. The minimum Gasteiger partial charge on any atom is -0.486 e. The molecule has 1 heterocycles. The van der Waals surface area contributed by atoms with Crippen LogP contribution in [0.25, 0.3) is 0 Å². The number of ether oxygens (including phenoxy) is 2. The number of fused-ring (bicyclic) bond motifs is 1. The highest BCUT2D eigenvalue weighted by molar-refractivity contribution is 5.43. The highest BCUT2D eigenvalue weighted by Crippen LogP contribution is 2.30. The van der Waals surface area contributed by atoms with Gasteiger partial charge in [0.1, 0.15) is 13.2 Å². The molecule has 0 saturated heterocycles. The zero-order valence-corrected chi connectivity index (χ0v) is 7.45. The van der Waals surface area contributed by atoms with Crippen molar-refractivity contribution in [2.45, 2.75) is 6.54 Å². The normalized spacial score (nSPS) is 14.2. The lowest BCUT2D eigenvalue weighted by atomic mass is 10.2. The summed E-state index contributed by atoms with van der Waals surface area (Å²) in [7, 11) is 3.70. The minimum atomic E-state index is 0.643. The van der Waals surface area contributed by atoms with E-state index in [9.17, 15) is 0 Å². The third-order valence-electron chi connectivity index (χ3n) is 1.99. The largest absolute Gasteiger partial charge is 0.486 e. The van der Waals surface area contributed by atoms with Gasteiger partial charge in [-0.05, 0) is 18.2 Å². The first-order valence-corrected chi connectivity index (χ1v) is 4.39. The van der Waals surface area contributed by atoms with Gasteiger partial charge >= 0.3 is 0 Å². The van der Waals surface area contributed by atoms with Crippen LogP contribution < -0.4 is 14.8 Å². The van der Waals surface area contributed by atoms with E-state index in [4.69, 9.17) is 9.47 Å². The fraction of sp³-hybridized carbons (Fsp3) is 0.300. The third kappa shape index (κ3) is 1.75. The van der Waals surface area contributed by atoms with Crippen LogP contribution in [0.2, 0.25) is 0 Å². The Morgan fingerprint density at radius 1 is 1.23 bits per heavy atom. The van der Waals surface area contributed by atoms with Crippen molar-refractivity contribution in [1.82, 2.24) is 0 Å². The molecule has 3 heteroatoms. The Morgan fingerprint density at radius 3 is 2.77 bits per heavy atom. The molecule has 0 radical (unpaired) electrons. The van der Waals surface area contributed by atoms with Gasteiger partial charge in [-0.2, -0.15) is 7.05 Å². The molecular formula is C10H13NO2. The Kier molecular flexibility index (Phi) is 2.36. The van der Waals surface area contributed by atoms with Crippen molar-refractivity contribution < 1.29 is 14.8 Å². The monoisotopic (exact) mass is 179 g/mol. The van der Waals surface area contributed by atoms with Crippen LogP contribution in [0.5, 0.6) is 11.5 Å². The topological polar surface area (TPSA) is 35.1 Å². The van der Waals surface area contributed by atoms with Crippen LogP contribution in [0, 0.1) is 7.05 Å². The summed E-state index contributed by atoms with van der Waals surface area (Å²) in [5.41, 5.74) is 1.21. The summed E-state index contributed by atoms with van der Waals surface area (Å²) in [6, 6.07) is 6.00. The summed E-state index contributed by atoms with van der Waals surface area (Å²) in [4.78, 5) is 0. The molecular weight excluding hydrogens is 166 g/mol. The molecule has 0 spiro atoms. The van der Waals surface area contributed by atoms with Crippen molar-refractivity contribution in [1.29, 1.82) is 0 Å². The van der Waals surface area contributed by atoms with Crippen molar-refractivity contribution in [3.8, 4) is 11.5 Å². The molecule has 1 aliphatic rings. The first-order chi connectivity index (χ1) is 6.40. The number of nitrogens with two attached hydrogens (primary N) is 1. The summed E-state index contributed by atoms with van der Waals surface area (Å²) in [5.74, 6) is 1.70. The van der Waals surface area contributed by atoms with Crippen LogP contribution in [0.4, 0.5) is 0 Å². The average Bonchev–Trinajstić information content (AvgIpc) is 2.18. The standard InChI is InChI=1S/C10H13NO2/c1-11-7-8-2-3-9-10(6-8)13-5-4-12-9/h2-3,6H,1,4-5,7,11H2. The molecule has 0 aromatic heterocycles. The fourth-order valence-electron chi connectivity index (χ4n) is 1.38. The van der Waals surface area contributed by atoms with Crippen LogP contribution >= 0.6 is 0 Å². The van der Waals surface area contributed by atoms with Gasteiger partial charge in [-0.1, -0.05) is 0 Å². The Morgan fingerprint density at radius 2 is 2.00 bits per heavy atom. The molecule has 1 aromatic carbocycles. The maximum absolute atomic E-state index is 5.45. The van der Waals surface area contributed by atoms with E-state index in [1.165, 1.54) is 5.56 Å². The molecule has 0 fully saturated rings. The molecule has 70 valence electrons. The maximum atomic E-state index is 5.45. The van der Waals surface area contributed by atoms with Crippen LogP contribution in [0.1, 0.15) is 5.56 Å². The molecule has 0 unspecified atom stereocenters. The molecule has 0 aliphatic carbocycles. The molecule has 0 saturated carbocycles. The number of quaternary nitrogens is 1. The van der Waals surface area contributed by atoms with Crippen molar-refractivity contribution in [3.63, 3.8) is 0 Å². The zero-order chi connectivity index (χ0) is 9.10. The van der Waals surface area contributed by atoms with Gasteiger partial charge in [0.05, 0.1) is 6.54 Å². The molecule has 0 bridgehead atoms. The van der Waals surface area contributed by atoms with Gasteiger partial charge in [0.25, 0.3) is 0 Å². The minimum absolute atomic E-state index is 0.643. The van der Waals surface area contributed by atoms with Gasteiger partial charge in [-0.15, -0.1) is 0 Å². The van der Waals surface area contributed by atoms with Crippen LogP contribution in [0.15, 0.2) is 18.2 Å². The van der Waals surface area contributed by atoms with Gasteiger partial charge in [-0.25, -0.2) is 0 Å². The summed E-state index contributed by atoms with van der Waals surface area (Å²) >= 11 is 0. The Hall–Kier alpha value is -1.22. The van der Waals surface area contributed by atoms with Crippen LogP contribution in [0.3, 0.4) is 0 Å². The molecule has 1 aromatic rings. The SMILES string of the molecule is [CH2-][NH2+]Cc1ccc2c(c1)OCCO2. The highest BCUT2D eigenvalue weighted by atomic mass is 16.6. The second-order valence-corrected chi connectivity index (χ2v) is 2.97. The summed E-state index contributed by atoms with van der Waals surface area (Å²) in [6.07, 6.45) is 0. The second kappa shape index (κ2) is 3.66. The van der Waals surface area contributed by atoms with E-state index >= 15 is 0 Å². The molecule has 0 amide bonds. The second-order valence-electron chi connectivity index (χ2n) is 2.97. The lowest BCUT2D eigenvalue weighted by Crippen LogP contribution is -2.74. The number of hydrogen-bond acceptors (Lipinski definition) is 2. The first kappa shape index (κ1) is 8.38. The van der Waals surface area contributed by atoms with Crippen molar-refractivity contribution in [2.75, 3.05) is 13.2 Å². The van der Waals surface area contributed by atoms with Gasteiger partial charge in [0, 0.05) is 5.56 Å².